The van der Waals surface area contributed by atoms with Crippen LogP contribution in [0, 0.1) is 0 Å². The zero-order chi connectivity index (χ0) is 12.6. The van der Waals surface area contributed by atoms with Gasteiger partial charge in [-0.2, -0.15) is 0 Å². The monoisotopic (exact) mass is 236 g/mol. The van der Waals surface area contributed by atoms with Crippen LogP contribution in [0.3, 0.4) is 0 Å². The van der Waals surface area contributed by atoms with Crippen LogP contribution in [-0.4, -0.2) is 57.9 Å². The fourth-order valence-electron chi connectivity index (χ4n) is 0.977. The van der Waals surface area contributed by atoms with Crippen molar-refractivity contribution in [3.05, 3.63) is 0 Å². The summed E-state index contributed by atoms with van der Waals surface area (Å²) in [6.45, 7) is -0.0491. The van der Waals surface area contributed by atoms with Gasteiger partial charge in [0.05, 0.1) is 0 Å². The summed E-state index contributed by atoms with van der Waals surface area (Å²) in [7, 11) is 0. The van der Waals surface area contributed by atoms with Crippen LogP contribution in [-0.2, 0) is 9.59 Å². The first-order chi connectivity index (χ1) is 7.43. The Morgan fingerprint density at radius 2 is 1.81 bits per heavy atom. The first-order valence-corrected chi connectivity index (χ1v) is 4.68. The predicted octanol–water partition coefficient (Wildman–Crippen LogP) is -2.25. The zero-order valence-electron chi connectivity index (χ0n) is 8.59. The molecule has 0 aromatic heterocycles. The minimum absolute atomic E-state index is 0.0337. The minimum atomic E-state index is -1.51. The molecule has 0 unspecified atom stereocenters. The van der Waals surface area contributed by atoms with Crippen molar-refractivity contribution in [3.8, 4) is 0 Å². The Hall–Kier alpha value is -1.22. The fourth-order valence-corrected chi connectivity index (χ4v) is 0.977. The third kappa shape index (κ3) is 8.12. The molecule has 0 saturated carbocycles. The molecule has 16 heavy (non-hydrogen) atoms. The van der Waals surface area contributed by atoms with Crippen LogP contribution in [0.4, 0.5) is 0 Å². The van der Waals surface area contributed by atoms with Gasteiger partial charge >= 0.3 is 11.9 Å². The van der Waals surface area contributed by atoms with E-state index in [1.165, 1.54) is 0 Å². The molecule has 0 amide bonds. The summed E-state index contributed by atoms with van der Waals surface area (Å²) in [4.78, 5) is 20.9. The van der Waals surface area contributed by atoms with Crippen LogP contribution in [0.25, 0.3) is 0 Å². The van der Waals surface area contributed by atoms with Gasteiger partial charge < -0.3 is 20.4 Å². The van der Waals surface area contributed by atoms with Crippen molar-refractivity contribution >= 4 is 11.9 Å². The largest absolute Gasteiger partial charge is 0.481 e. The number of aliphatic hydroxyl groups excluding tert-OH is 1. The number of carboxylic acid groups (broad SMARTS) is 2. The maximum Gasteiger partial charge on any atom is 0.320 e. The van der Waals surface area contributed by atoms with Gasteiger partial charge in [-0.3, -0.25) is 20.2 Å². The van der Waals surface area contributed by atoms with E-state index >= 15 is 0 Å². The highest BCUT2D eigenvalue weighted by Crippen LogP contribution is 1.97. The van der Waals surface area contributed by atoms with Crippen molar-refractivity contribution in [2.75, 3.05) is 13.2 Å². The standard InChI is InChI=1S/C8H16N2O6/c11-6(12)2-1-5(8(15)16)10-4-9-3-7(13)14/h5,7,9-10,13-14H,1-4H2,(H,11,12)(H,15,16)/t5-/m0/s1. The molecule has 0 aromatic carbocycles. The van der Waals surface area contributed by atoms with E-state index in [2.05, 4.69) is 10.6 Å². The highest BCUT2D eigenvalue weighted by atomic mass is 16.5. The number of carboxylic acids is 2. The van der Waals surface area contributed by atoms with Crippen molar-refractivity contribution in [1.29, 1.82) is 0 Å². The highest BCUT2D eigenvalue weighted by Gasteiger charge is 2.17. The van der Waals surface area contributed by atoms with E-state index in [9.17, 15) is 9.59 Å². The first-order valence-electron chi connectivity index (χ1n) is 4.68. The Labute approximate surface area is 91.9 Å². The third-order valence-electron chi connectivity index (χ3n) is 1.75. The van der Waals surface area contributed by atoms with Crippen molar-refractivity contribution in [1.82, 2.24) is 10.6 Å². The van der Waals surface area contributed by atoms with Crippen LogP contribution in [0.2, 0.25) is 0 Å². The van der Waals surface area contributed by atoms with Crippen LogP contribution in [0.1, 0.15) is 12.8 Å². The average molecular weight is 236 g/mol. The van der Waals surface area contributed by atoms with E-state index in [1.807, 2.05) is 0 Å². The second kappa shape index (κ2) is 7.99. The molecule has 0 aromatic rings. The van der Waals surface area contributed by atoms with Crippen molar-refractivity contribution in [2.45, 2.75) is 25.2 Å². The second-order valence-electron chi connectivity index (χ2n) is 3.14. The second-order valence-corrected chi connectivity index (χ2v) is 3.14. The molecule has 6 N–H and O–H groups in total. The smallest absolute Gasteiger partial charge is 0.320 e. The molecule has 0 aliphatic rings. The van der Waals surface area contributed by atoms with E-state index < -0.39 is 24.3 Å². The lowest BCUT2D eigenvalue weighted by atomic mass is 10.1. The molecule has 1 atom stereocenters. The third-order valence-corrected chi connectivity index (χ3v) is 1.75. The molecule has 94 valence electrons. The Morgan fingerprint density at radius 3 is 2.25 bits per heavy atom. The maximum absolute atomic E-state index is 10.7. The molecule has 0 spiro atoms. The summed E-state index contributed by atoms with van der Waals surface area (Å²) in [5.74, 6) is -2.21. The Kier molecular flexibility index (Phi) is 7.38. The molecule has 0 bridgehead atoms. The SMILES string of the molecule is O=C(O)CC[C@H](NCNCC(O)O)C(=O)O. The van der Waals surface area contributed by atoms with Gasteiger partial charge in [0.25, 0.3) is 0 Å². The molecule has 8 heteroatoms. The summed E-state index contributed by atoms with van der Waals surface area (Å²) in [5, 5.41) is 39.1. The summed E-state index contributed by atoms with van der Waals surface area (Å²) < 4.78 is 0. The quantitative estimate of drug-likeness (QED) is 0.195. The molecular weight excluding hydrogens is 220 g/mol. The van der Waals surface area contributed by atoms with Crippen LogP contribution in [0.5, 0.6) is 0 Å². The lowest BCUT2D eigenvalue weighted by Crippen LogP contribution is -2.43. The summed E-state index contributed by atoms with van der Waals surface area (Å²) >= 11 is 0. The lowest BCUT2D eigenvalue weighted by Gasteiger charge is -2.14. The number of nitrogens with one attached hydrogen (secondary N) is 2. The highest BCUT2D eigenvalue weighted by molar-refractivity contribution is 5.75. The van der Waals surface area contributed by atoms with Gasteiger partial charge in [0.15, 0.2) is 6.29 Å². The number of aliphatic carboxylic acids is 2. The minimum Gasteiger partial charge on any atom is -0.481 e. The van der Waals surface area contributed by atoms with Gasteiger partial charge in [-0.15, -0.1) is 0 Å². The number of hydrogen-bond acceptors (Lipinski definition) is 6. The van der Waals surface area contributed by atoms with E-state index in [0.717, 1.165) is 0 Å². The average Bonchev–Trinajstić information content (AvgIpc) is 2.15. The van der Waals surface area contributed by atoms with Gasteiger partial charge in [-0.05, 0) is 6.42 Å². The lowest BCUT2D eigenvalue weighted by molar-refractivity contribution is -0.140. The molecule has 0 saturated heterocycles. The van der Waals surface area contributed by atoms with Gasteiger partial charge in [0, 0.05) is 19.6 Å². The maximum atomic E-state index is 10.7. The Balaban J connectivity index is 3.77. The van der Waals surface area contributed by atoms with Crippen molar-refractivity contribution in [2.24, 2.45) is 0 Å². The van der Waals surface area contributed by atoms with Crippen LogP contribution in [0.15, 0.2) is 0 Å². The Morgan fingerprint density at radius 1 is 1.19 bits per heavy atom. The Bertz CT molecular complexity index is 233. The number of carbonyl (C=O) groups is 2. The van der Waals surface area contributed by atoms with E-state index in [0.29, 0.717) is 0 Å². The normalized spacial score (nSPS) is 12.7. The van der Waals surface area contributed by atoms with Gasteiger partial charge in [-0.25, -0.2) is 0 Å². The first kappa shape index (κ1) is 14.8. The zero-order valence-corrected chi connectivity index (χ0v) is 8.59. The molecule has 0 aliphatic carbocycles. The van der Waals surface area contributed by atoms with Crippen LogP contribution >= 0.6 is 0 Å². The fraction of sp³-hybridized carbons (Fsp3) is 0.750. The molecular formula is C8H16N2O6. The summed E-state index contributed by atoms with van der Waals surface area (Å²) in [6, 6.07) is -0.973. The van der Waals surface area contributed by atoms with Crippen LogP contribution < -0.4 is 10.6 Å². The number of aliphatic hydroxyl groups is 2. The van der Waals surface area contributed by atoms with Gasteiger partial charge in [0.2, 0.25) is 0 Å². The molecule has 8 nitrogen and oxygen atoms in total. The number of hydrogen-bond donors (Lipinski definition) is 6. The molecule has 0 aliphatic heterocycles. The molecule has 0 heterocycles. The summed E-state index contributed by atoms with van der Waals surface area (Å²) in [6.07, 6.45) is -1.79. The molecule has 0 rings (SSSR count). The predicted molar refractivity (Wildman–Crippen MR) is 52.5 cm³/mol. The topological polar surface area (TPSA) is 139 Å². The van der Waals surface area contributed by atoms with Crippen molar-refractivity contribution in [3.63, 3.8) is 0 Å². The van der Waals surface area contributed by atoms with Gasteiger partial charge in [0.1, 0.15) is 6.04 Å². The molecule has 0 fully saturated rings. The van der Waals surface area contributed by atoms with Gasteiger partial charge in [-0.1, -0.05) is 0 Å². The number of rotatable bonds is 9. The van der Waals surface area contributed by atoms with E-state index in [-0.39, 0.29) is 26.1 Å². The van der Waals surface area contributed by atoms with Crippen molar-refractivity contribution < 1.29 is 30.0 Å². The molecule has 0 radical (unpaired) electrons. The summed E-state index contributed by atoms with van der Waals surface area (Å²) in [5.41, 5.74) is 0. The van der Waals surface area contributed by atoms with E-state index in [4.69, 9.17) is 20.4 Å². The van der Waals surface area contributed by atoms with E-state index in [1.54, 1.807) is 0 Å².